The molecule has 0 bridgehead atoms. The number of unbranched alkanes of at least 4 members (excludes halogenated alkanes) is 4. The van der Waals surface area contributed by atoms with Crippen LogP contribution in [0.1, 0.15) is 108 Å². The second-order valence-corrected chi connectivity index (χ2v) is 21.4. The Bertz CT molecular complexity index is 2420. The third-order valence-corrected chi connectivity index (χ3v) is 14.3. The van der Waals surface area contributed by atoms with E-state index in [4.69, 9.17) is 57.3 Å². The number of hydrogen-bond donors (Lipinski definition) is 22. The van der Waals surface area contributed by atoms with Gasteiger partial charge in [-0.2, -0.15) is 0 Å². The van der Waals surface area contributed by atoms with Crippen LogP contribution in [0.4, 0.5) is 0 Å². The van der Waals surface area contributed by atoms with Crippen molar-refractivity contribution in [3.05, 3.63) is 30.0 Å². The van der Waals surface area contributed by atoms with Crippen LogP contribution in [0, 0.1) is 0 Å². The predicted octanol–water partition coefficient (Wildman–Crippen LogP) is -9.42. The topological polar surface area (TPSA) is 624 Å². The smallest absolute Gasteiger partial charge is 0.268 e. The van der Waals surface area contributed by atoms with Crippen molar-refractivity contribution in [3.63, 3.8) is 0 Å². The number of H-pyrrole nitrogens is 1. The van der Waals surface area contributed by atoms with E-state index in [1.165, 1.54) is 23.5 Å². The maximum Gasteiger partial charge on any atom is 0.268 e. The van der Waals surface area contributed by atoms with Gasteiger partial charge in [-0.25, -0.2) is 4.98 Å². The van der Waals surface area contributed by atoms with E-state index in [-0.39, 0.29) is 89.2 Å². The maximum atomic E-state index is 14.5. The van der Waals surface area contributed by atoms with Crippen molar-refractivity contribution in [2.75, 3.05) is 72.0 Å². The van der Waals surface area contributed by atoms with E-state index < -0.39 is 139 Å². The largest absolute Gasteiger partial charge is 0.389 e. The molecule has 0 saturated carbocycles. The molecule has 1 aromatic rings. The summed E-state index contributed by atoms with van der Waals surface area (Å²) >= 11 is 0. The third kappa shape index (κ3) is 29.1. The van der Waals surface area contributed by atoms with E-state index >= 15 is 0 Å². The van der Waals surface area contributed by atoms with Crippen LogP contribution >= 0.6 is 0 Å². The molecule has 0 aliphatic carbocycles. The molecule has 10 amide bonds. The van der Waals surface area contributed by atoms with Crippen LogP contribution in [0.3, 0.4) is 0 Å². The number of aliphatic hydroxyl groups is 2. The highest BCUT2D eigenvalue weighted by molar-refractivity contribution is 6.02. The molecule has 10 atom stereocenters. The van der Waals surface area contributed by atoms with Gasteiger partial charge in [0, 0.05) is 51.0 Å². The highest BCUT2D eigenvalue weighted by atomic mass is 16.3. The van der Waals surface area contributed by atoms with Crippen molar-refractivity contribution in [1.82, 2.24) is 62.7 Å². The standard InChI is InChI=1S/C54H101N23O12/c55-18-4-1-12-33(62)45(81)75-44(41(79)28-61)52(88)76-43(40(78)27-60)51(87)68-30-42(80)70-37(15-9-22-59)53(89)77-25-11-17-39(77)50(86)74-38(26-32-29-65-31-69-32)49(85)73-35(14-3-6-20-57)47(83)72-36(16-10-24-67-54(63)64)48(84)71-34(13-2-5-19-56)46(82)66-23-8-7-21-58/h16,29,31,33-35,37-41,43-44,78-79H,1-15,17-28,30,55-62H2,(H,65,69)(H,66,82)(H,68,87)(H,70,80)(H,71,84)(H,72,83)(H,73,85)(H,74,86)(H,75,81)(H,76,88)(H4,63,64,67). The van der Waals surface area contributed by atoms with E-state index in [2.05, 4.69) is 62.8 Å². The Morgan fingerprint density at radius 3 is 1.79 bits per heavy atom. The number of rotatable bonds is 46. The number of nitrogens with one attached hydrogen (secondary N) is 10. The summed E-state index contributed by atoms with van der Waals surface area (Å²) in [5, 5.41) is 44.3. The fourth-order valence-corrected chi connectivity index (χ4v) is 9.25. The monoisotopic (exact) mass is 1260 g/mol. The number of carbonyl (C=O) groups excluding carboxylic acids is 10. The van der Waals surface area contributed by atoms with Crippen molar-refractivity contribution < 1.29 is 58.2 Å². The average molecular weight is 1260 g/mol. The number of carbonyl (C=O) groups is 10. The minimum absolute atomic E-state index is 0.0148. The lowest BCUT2D eigenvalue weighted by atomic mass is 10.0. The van der Waals surface area contributed by atoms with Crippen molar-refractivity contribution in [1.29, 1.82) is 0 Å². The van der Waals surface area contributed by atoms with E-state index in [9.17, 15) is 58.2 Å². The minimum Gasteiger partial charge on any atom is -0.389 e. The van der Waals surface area contributed by atoms with Gasteiger partial charge in [0.1, 0.15) is 48.0 Å². The molecule has 10 unspecified atom stereocenters. The van der Waals surface area contributed by atoms with E-state index in [0.717, 1.165) is 0 Å². The Morgan fingerprint density at radius 1 is 0.629 bits per heavy atom. The van der Waals surface area contributed by atoms with Gasteiger partial charge in [0.25, 0.3) is 5.91 Å². The van der Waals surface area contributed by atoms with Crippen LogP contribution in [0.25, 0.3) is 0 Å². The van der Waals surface area contributed by atoms with Gasteiger partial charge in [0.2, 0.25) is 53.2 Å². The van der Waals surface area contributed by atoms with Crippen LogP contribution in [0.2, 0.25) is 0 Å². The molecule has 1 aromatic heterocycles. The normalized spacial score (nSPS) is 16.1. The van der Waals surface area contributed by atoms with Gasteiger partial charge < -0.3 is 125 Å². The van der Waals surface area contributed by atoms with Crippen molar-refractivity contribution in [2.24, 2.45) is 62.3 Å². The number of imidazole rings is 1. The first-order valence-electron chi connectivity index (χ1n) is 30.3. The summed E-state index contributed by atoms with van der Waals surface area (Å²) in [4.78, 5) is 151. The maximum absolute atomic E-state index is 14.5. The SMILES string of the molecule is NCCCCNC(=O)C(CCCCN)NC(=O)C(=CCCN=C(N)N)NC(=O)C(CCCCN)NC(=O)C(Cc1cnc[nH]1)NC(=O)C1CCCN1C(=O)C(CCCN)NC(=O)CNC(=O)C(NC(=O)C(NC(=O)C(N)CCCCN)C(O)CN)C(O)CN. The summed E-state index contributed by atoms with van der Waals surface area (Å²) in [6.45, 7) is -0.0523. The molecule has 1 saturated heterocycles. The molecular weight excluding hydrogens is 1160 g/mol. The van der Waals surface area contributed by atoms with Gasteiger partial charge >= 0.3 is 0 Å². The second kappa shape index (κ2) is 44.0. The highest BCUT2D eigenvalue weighted by Crippen LogP contribution is 2.21. The fourth-order valence-electron chi connectivity index (χ4n) is 9.25. The van der Waals surface area contributed by atoms with Gasteiger partial charge in [0.15, 0.2) is 5.96 Å². The van der Waals surface area contributed by atoms with Crippen LogP contribution in [0.15, 0.2) is 29.3 Å². The summed E-state index contributed by atoms with van der Waals surface area (Å²) in [6, 6.07) is -10.9. The first-order valence-corrected chi connectivity index (χ1v) is 30.3. The van der Waals surface area contributed by atoms with Crippen LogP contribution in [-0.4, -0.2) is 223 Å². The van der Waals surface area contributed by atoms with E-state index in [1.807, 2.05) is 0 Å². The summed E-state index contributed by atoms with van der Waals surface area (Å²) in [5.74, 6) is -8.63. The van der Waals surface area contributed by atoms with Gasteiger partial charge in [-0.1, -0.05) is 12.5 Å². The van der Waals surface area contributed by atoms with E-state index in [0.29, 0.717) is 89.7 Å². The number of guanidine groups is 1. The zero-order valence-corrected chi connectivity index (χ0v) is 50.9. The van der Waals surface area contributed by atoms with Crippen molar-refractivity contribution >= 4 is 65.0 Å². The number of aliphatic imine (C=N–C) groups is 1. The first kappa shape index (κ1) is 77.6. The van der Waals surface area contributed by atoms with Gasteiger partial charge in [-0.15, -0.1) is 0 Å². The Morgan fingerprint density at radius 2 is 1.20 bits per heavy atom. The number of hydrogen-bond acceptors (Lipinski definition) is 22. The molecule has 1 aliphatic heterocycles. The van der Waals surface area contributed by atoms with Gasteiger partial charge in [-0.3, -0.25) is 52.9 Å². The summed E-state index contributed by atoms with van der Waals surface area (Å²) in [5.41, 5.74) is 56.8. The lowest BCUT2D eigenvalue weighted by Gasteiger charge is -2.30. The Balaban J connectivity index is 2.39. The molecule has 1 aliphatic rings. The number of likely N-dealkylation sites (tertiary alicyclic amines) is 1. The molecule has 2 rings (SSSR count). The summed E-state index contributed by atoms with van der Waals surface area (Å²) in [6.07, 6.45) is 5.86. The lowest BCUT2D eigenvalue weighted by molar-refractivity contribution is -0.142. The lowest BCUT2D eigenvalue weighted by Crippen LogP contribution is -2.63. The number of aromatic amines is 1. The van der Waals surface area contributed by atoms with Gasteiger partial charge in [-0.05, 0) is 129 Å². The molecule has 1 fully saturated rings. The Hall–Kier alpha value is -7.48. The molecule has 35 nitrogen and oxygen atoms in total. The predicted molar refractivity (Wildman–Crippen MR) is 330 cm³/mol. The molecule has 35 heteroatoms. The average Bonchev–Trinajstić information content (AvgIpc) is 3.90. The number of nitrogens with zero attached hydrogens (tertiary/aromatic N) is 3. The molecule has 0 radical (unpaired) electrons. The molecule has 0 aromatic carbocycles. The second-order valence-electron chi connectivity index (χ2n) is 21.4. The van der Waals surface area contributed by atoms with E-state index in [1.54, 1.807) is 0 Å². The summed E-state index contributed by atoms with van der Waals surface area (Å²) in [7, 11) is 0. The van der Waals surface area contributed by atoms with Crippen LogP contribution in [0.5, 0.6) is 0 Å². The molecule has 504 valence electrons. The van der Waals surface area contributed by atoms with Crippen molar-refractivity contribution in [3.8, 4) is 0 Å². The third-order valence-electron chi connectivity index (χ3n) is 14.3. The first-order chi connectivity index (χ1) is 42.6. The molecule has 0 spiro atoms. The summed E-state index contributed by atoms with van der Waals surface area (Å²) < 4.78 is 0. The zero-order chi connectivity index (χ0) is 66.3. The highest BCUT2D eigenvalue weighted by Gasteiger charge is 2.40. The molecule has 32 N–H and O–H groups in total. The van der Waals surface area contributed by atoms with Crippen LogP contribution < -0.4 is 105 Å². The number of aliphatic hydroxyl groups excluding tert-OH is 2. The van der Waals surface area contributed by atoms with Crippen molar-refractivity contribution in [2.45, 2.75) is 170 Å². The zero-order valence-electron chi connectivity index (χ0n) is 50.9. The number of nitrogens with two attached hydrogens (primary N) is 10. The Kier molecular flexibility index (Phi) is 38.4. The molecule has 2 heterocycles. The quantitative estimate of drug-likeness (QED) is 0.0125. The Labute approximate surface area is 518 Å². The number of aromatic nitrogens is 2. The number of amides is 10. The fraction of sp³-hybridized carbons (Fsp3) is 0.704. The van der Waals surface area contributed by atoms with Crippen LogP contribution in [-0.2, 0) is 54.4 Å². The van der Waals surface area contributed by atoms with Gasteiger partial charge in [0.05, 0.1) is 31.1 Å². The molecule has 89 heavy (non-hydrogen) atoms. The minimum atomic E-state index is -1.84. The molecular formula is C54H101N23O12.